The number of aliphatic hydroxyl groups excluding tert-OH is 1. The number of anilines is 2. The van der Waals surface area contributed by atoms with Crippen molar-refractivity contribution >= 4 is 21.5 Å². The lowest BCUT2D eigenvalue weighted by atomic mass is 10.2. The molecule has 8 nitrogen and oxygen atoms in total. The molecule has 0 spiro atoms. The van der Waals surface area contributed by atoms with Crippen molar-refractivity contribution in [2.75, 3.05) is 61.3 Å². The lowest BCUT2D eigenvalue weighted by molar-refractivity contribution is 0.115. The lowest BCUT2D eigenvalue weighted by Gasteiger charge is -2.37. The predicted octanol–water partition coefficient (Wildman–Crippen LogP) is 1.60. The largest absolute Gasteiger partial charge is 0.487 e. The van der Waals surface area contributed by atoms with Crippen molar-refractivity contribution in [3.63, 3.8) is 0 Å². The van der Waals surface area contributed by atoms with E-state index in [0.29, 0.717) is 18.0 Å². The number of β-amino-alcohol motifs (C(OH)–C–C–N with tert-alkyl or cyclic N) is 1. The molecule has 0 saturated carbocycles. The highest BCUT2D eigenvalue weighted by molar-refractivity contribution is 7.92. The molecule has 1 aromatic heterocycles. The lowest BCUT2D eigenvalue weighted by Crippen LogP contribution is -2.50. The summed E-state index contributed by atoms with van der Waals surface area (Å²) in [6.07, 6.45) is 3.67. The number of sulfonamides is 1. The molecule has 3 rings (SSSR count). The molecule has 1 aliphatic rings. The van der Waals surface area contributed by atoms with Crippen LogP contribution in [0.25, 0.3) is 0 Å². The second kappa shape index (κ2) is 10.6. The Balaban J connectivity index is 1.62. The molecule has 168 valence electrons. The van der Waals surface area contributed by atoms with E-state index in [0.717, 1.165) is 38.3 Å². The van der Waals surface area contributed by atoms with Crippen molar-refractivity contribution in [2.24, 2.45) is 0 Å². The summed E-state index contributed by atoms with van der Waals surface area (Å²) < 4.78 is 31.8. The molecule has 1 unspecified atom stereocenters. The molecule has 2 aromatic rings. The fourth-order valence-electron chi connectivity index (χ4n) is 3.59. The molecule has 2 heterocycles. The number of para-hydroxylation sites is 2. The summed E-state index contributed by atoms with van der Waals surface area (Å²) >= 11 is 0. The minimum absolute atomic E-state index is 0.0479. The number of pyridine rings is 1. The number of hydrogen-bond donors (Lipinski definition) is 1. The van der Waals surface area contributed by atoms with Crippen molar-refractivity contribution in [3.8, 4) is 5.75 Å². The van der Waals surface area contributed by atoms with Crippen LogP contribution in [0.5, 0.6) is 5.75 Å². The van der Waals surface area contributed by atoms with Gasteiger partial charge in [0.2, 0.25) is 10.0 Å². The van der Waals surface area contributed by atoms with Crippen LogP contribution in [0, 0.1) is 0 Å². The number of benzene rings is 1. The number of aliphatic hydroxyl groups is 1. The third-order valence-electron chi connectivity index (χ3n) is 5.08. The van der Waals surface area contributed by atoms with E-state index >= 15 is 0 Å². The summed E-state index contributed by atoms with van der Waals surface area (Å²) in [4.78, 5) is 8.74. The summed E-state index contributed by atoms with van der Waals surface area (Å²) in [5.74, 6) is 1.38. The highest BCUT2D eigenvalue weighted by atomic mass is 32.2. The summed E-state index contributed by atoms with van der Waals surface area (Å²) in [5.41, 5.74) is 0.408. The second-order valence-corrected chi connectivity index (χ2v) is 9.40. The fourth-order valence-corrected chi connectivity index (χ4v) is 4.54. The average molecular weight is 447 g/mol. The van der Waals surface area contributed by atoms with Gasteiger partial charge in [0.15, 0.2) is 0 Å². The smallest absolute Gasteiger partial charge is 0.232 e. The van der Waals surface area contributed by atoms with E-state index in [1.165, 1.54) is 4.31 Å². The number of nitrogens with zero attached hydrogens (tertiary/aromatic N) is 4. The van der Waals surface area contributed by atoms with Crippen LogP contribution < -0.4 is 13.9 Å². The van der Waals surface area contributed by atoms with Gasteiger partial charge in [0, 0.05) is 38.9 Å². The Kier molecular flexibility index (Phi) is 7.89. The van der Waals surface area contributed by atoms with E-state index < -0.39 is 16.1 Å². The topological polar surface area (TPSA) is 86.2 Å². The van der Waals surface area contributed by atoms with Gasteiger partial charge >= 0.3 is 0 Å². The van der Waals surface area contributed by atoms with Gasteiger partial charge in [-0.3, -0.25) is 9.21 Å². The zero-order chi connectivity index (χ0) is 22.3. The van der Waals surface area contributed by atoms with Crippen LogP contribution in [0.3, 0.4) is 0 Å². The first-order chi connectivity index (χ1) is 14.9. The fraction of sp³-hybridized carbons (Fsp3) is 0.409. The zero-order valence-corrected chi connectivity index (χ0v) is 18.6. The van der Waals surface area contributed by atoms with Crippen molar-refractivity contribution in [1.82, 2.24) is 9.88 Å². The molecule has 1 aliphatic heterocycles. The van der Waals surface area contributed by atoms with Gasteiger partial charge in [-0.05, 0) is 24.3 Å². The highest BCUT2D eigenvalue weighted by Crippen LogP contribution is 2.30. The standard InChI is InChI=1S/C22H30N4O4S/c1-3-16-30-21-9-5-4-8-20(21)26(31(2,28)29)18-19(27)17-24-12-14-25(15-13-24)22-10-6-7-11-23-22/h3-11,19,27H,1,12-18H2,2H3. The maximum atomic E-state index is 12.5. The average Bonchev–Trinajstić information content (AvgIpc) is 2.77. The molecule has 0 aliphatic carbocycles. The molecule has 1 fully saturated rings. The Bertz CT molecular complexity index is 947. The number of piperazine rings is 1. The van der Waals surface area contributed by atoms with Gasteiger partial charge in [-0.25, -0.2) is 13.4 Å². The molecule has 0 amide bonds. The summed E-state index contributed by atoms with van der Waals surface area (Å²) in [7, 11) is -3.61. The van der Waals surface area contributed by atoms with Gasteiger partial charge in [0.25, 0.3) is 0 Å². The molecule has 1 saturated heterocycles. The van der Waals surface area contributed by atoms with Gasteiger partial charge in [-0.15, -0.1) is 0 Å². The Morgan fingerprint density at radius 1 is 1.19 bits per heavy atom. The summed E-state index contributed by atoms with van der Waals surface area (Å²) in [6, 6.07) is 12.8. The summed E-state index contributed by atoms with van der Waals surface area (Å²) in [6.45, 7) is 7.37. The third kappa shape index (κ3) is 6.43. The van der Waals surface area contributed by atoms with Crippen LogP contribution in [0.15, 0.2) is 61.3 Å². The molecule has 1 atom stereocenters. The SMILES string of the molecule is C=CCOc1ccccc1N(CC(O)CN1CCN(c2ccccn2)CC1)S(C)(=O)=O. The van der Waals surface area contributed by atoms with Gasteiger partial charge in [0.1, 0.15) is 18.2 Å². The number of hydrogen-bond acceptors (Lipinski definition) is 7. The Labute approximate surface area is 184 Å². The van der Waals surface area contributed by atoms with E-state index in [9.17, 15) is 13.5 Å². The molecule has 9 heteroatoms. The van der Waals surface area contributed by atoms with Gasteiger partial charge in [0.05, 0.1) is 24.6 Å². The first-order valence-electron chi connectivity index (χ1n) is 10.3. The molecule has 1 N–H and O–H groups in total. The normalized spacial score (nSPS) is 16.0. The first-order valence-corrected chi connectivity index (χ1v) is 12.1. The van der Waals surface area contributed by atoms with Crippen LogP contribution in [0.4, 0.5) is 11.5 Å². The highest BCUT2D eigenvalue weighted by Gasteiger charge is 2.26. The van der Waals surface area contributed by atoms with E-state index in [2.05, 4.69) is 21.4 Å². The minimum atomic E-state index is -3.61. The van der Waals surface area contributed by atoms with Crippen molar-refractivity contribution in [3.05, 3.63) is 61.3 Å². The van der Waals surface area contributed by atoms with E-state index in [-0.39, 0.29) is 13.2 Å². The number of rotatable bonds is 10. The quantitative estimate of drug-likeness (QED) is 0.555. The predicted molar refractivity (Wildman–Crippen MR) is 123 cm³/mol. The molecular weight excluding hydrogens is 416 g/mol. The summed E-state index contributed by atoms with van der Waals surface area (Å²) in [5, 5.41) is 10.7. The van der Waals surface area contributed by atoms with E-state index in [4.69, 9.17) is 4.74 Å². The number of ether oxygens (including phenoxy) is 1. The van der Waals surface area contributed by atoms with Gasteiger partial charge in [-0.2, -0.15) is 0 Å². The van der Waals surface area contributed by atoms with Gasteiger partial charge < -0.3 is 14.7 Å². The van der Waals surface area contributed by atoms with Crippen LogP contribution in [-0.2, 0) is 10.0 Å². The van der Waals surface area contributed by atoms with Gasteiger partial charge in [-0.1, -0.05) is 30.9 Å². The van der Waals surface area contributed by atoms with Crippen LogP contribution in [0.2, 0.25) is 0 Å². The molecule has 0 radical (unpaired) electrons. The maximum absolute atomic E-state index is 12.5. The number of aromatic nitrogens is 1. The Hall–Kier alpha value is -2.62. The van der Waals surface area contributed by atoms with Crippen LogP contribution in [-0.4, -0.2) is 81.6 Å². The minimum Gasteiger partial charge on any atom is -0.487 e. The Morgan fingerprint density at radius 3 is 2.55 bits per heavy atom. The zero-order valence-electron chi connectivity index (χ0n) is 17.8. The van der Waals surface area contributed by atoms with Crippen molar-refractivity contribution in [1.29, 1.82) is 0 Å². The van der Waals surface area contributed by atoms with Crippen LogP contribution >= 0.6 is 0 Å². The van der Waals surface area contributed by atoms with E-state index in [1.54, 1.807) is 36.5 Å². The van der Waals surface area contributed by atoms with Crippen molar-refractivity contribution < 1.29 is 18.3 Å². The maximum Gasteiger partial charge on any atom is 0.232 e. The molecule has 1 aromatic carbocycles. The van der Waals surface area contributed by atoms with Crippen LogP contribution in [0.1, 0.15) is 0 Å². The molecular formula is C22H30N4O4S. The molecule has 0 bridgehead atoms. The van der Waals surface area contributed by atoms with E-state index in [1.807, 2.05) is 18.2 Å². The monoisotopic (exact) mass is 446 g/mol. The Morgan fingerprint density at radius 2 is 1.90 bits per heavy atom. The molecule has 31 heavy (non-hydrogen) atoms. The second-order valence-electron chi connectivity index (χ2n) is 7.49. The third-order valence-corrected chi connectivity index (χ3v) is 6.23. The first kappa shape index (κ1) is 23.1. The van der Waals surface area contributed by atoms with Crippen molar-refractivity contribution in [2.45, 2.75) is 6.10 Å².